The molecule has 1 heterocycles. The van der Waals surface area contributed by atoms with E-state index in [-0.39, 0.29) is 0 Å². The molecule has 0 aromatic carbocycles. The first kappa shape index (κ1) is 14.7. The summed E-state index contributed by atoms with van der Waals surface area (Å²) in [6, 6.07) is 0. The van der Waals surface area contributed by atoms with E-state index in [0.29, 0.717) is 15.8 Å². The Morgan fingerprint density at radius 1 is 1.38 bits per heavy atom. The van der Waals surface area contributed by atoms with Crippen LogP contribution in [0.1, 0.15) is 27.2 Å². The van der Waals surface area contributed by atoms with E-state index >= 15 is 0 Å². The average molecular weight is 309 g/mol. The molecule has 0 aromatic rings. The Balaban J connectivity index is 2.44. The molecule has 0 radical (unpaired) electrons. The largest absolute Gasteiger partial charge is 0.416 e. The van der Waals surface area contributed by atoms with Crippen LogP contribution in [0.2, 0.25) is 18.1 Å². The van der Waals surface area contributed by atoms with E-state index in [1.165, 1.54) is 0 Å². The highest BCUT2D eigenvalue weighted by Gasteiger charge is 2.38. The van der Waals surface area contributed by atoms with Crippen molar-refractivity contribution in [3.05, 3.63) is 0 Å². The van der Waals surface area contributed by atoms with Crippen LogP contribution in [0.3, 0.4) is 0 Å². The molecule has 0 saturated carbocycles. The van der Waals surface area contributed by atoms with E-state index in [0.717, 1.165) is 26.2 Å². The van der Waals surface area contributed by atoms with Gasteiger partial charge in [0.2, 0.25) is 0 Å². The maximum absolute atomic E-state index is 6.23. The van der Waals surface area contributed by atoms with Crippen molar-refractivity contribution in [2.75, 3.05) is 19.8 Å². The quantitative estimate of drug-likeness (QED) is 0.583. The molecule has 1 fully saturated rings. The zero-order valence-electron chi connectivity index (χ0n) is 11.2. The van der Waals surface area contributed by atoms with Crippen molar-refractivity contribution in [2.45, 2.75) is 50.2 Å². The molecule has 4 heteroatoms. The van der Waals surface area contributed by atoms with Crippen LogP contribution in [0.25, 0.3) is 0 Å². The Morgan fingerprint density at radius 3 is 2.50 bits per heavy atom. The fourth-order valence-corrected chi connectivity index (χ4v) is 3.01. The molecule has 0 N–H and O–H groups in total. The van der Waals surface area contributed by atoms with Crippen molar-refractivity contribution in [2.24, 2.45) is 5.92 Å². The summed E-state index contributed by atoms with van der Waals surface area (Å²) >= 11 is 3.73. The van der Waals surface area contributed by atoms with Crippen molar-refractivity contribution >= 4 is 24.2 Å². The molecule has 16 heavy (non-hydrogen) atoms. The topological polar surface area (TPSA) is 18.5 Å². The predicted octanol–water partition coefficient (Wildman–Crippen LogP) is 3.81. The van der Waals surface area contributed by atoms with Gasteiger partial charge in [0.1, 0.15) is 0 Å². The van der Waals surface area contributed by atoms with Crippen LogP contribution in [-0.4, -0.2) is 33.0 Å². The smallest absolute Gasteiger partial charge is 0.191 e. The van der Waals surface area contributed by atoms with Crippen LogP contribution in [0, 0.1) is 5.92 Å². The lowest BCUT2D eigenvalue weighted by molar-refractivity contribution is 0.0383. The van der Waals surface area contributed by atoms with Gasteiger partial charge >= 0.3 is 0 Å². The number of ether oxygens (including phenoxy) is 1. The summed E-state index contributed by atoms with van der Waals surface area (Å²) in [5.41, 5.74) is 0. The van der Waals surface area contributed by atoms with Gasteiger partial charge in [-0.2, -0.15) is 0 Å². The van der Waals surface area contributed by atoms with Gasteiger partial charge in [0.25, 0.3) is 0 Å². The first-order chi connectivity index (χ1) is 7.24. The van der Waals surface area contributed by atoms with Gasteiger partial charge in [0.15, 0.2) is 8.32 Å². The van der Waals surface area contributed by atoms with Crippen molar-refractivity contribution in [1.29, 1.82) is 0 Å². The minimum atomic E-state index is -1.59. The van der Waals surface area contributed by atoms with Crippen LogP contribution < -0.4 is 0 Å². The Morgan fingerprint density at radius 2 is 2.00 bits per heavy atom. The van der Waals surface area contributed by atoms with E-state index in [4.69, 9.17) is 9.16 Å². The molecule has 0 spiro atoms. The first-order valence-corrected chi connectivity index (χ1v) is 9.92. The summed E-state index contributed by atoms with van der Waals surface area (Å²) in [4.78, 5) is 0.561. The summed E-state index contributed by atoms with van der Waals surface area (Å²) in [6.07, 6.45) is 1.10. The van der Waals surface area contributed by atoms with E-state index in [1.807, 2.05) is 0 Å². The van der Waals surface area contributed by atoms with Crippen LogP contribution in [-0.2, 0) is 9.16 Å². The molecule has 0 aliphatic carbocycles. The van der Waals surface area contributed by atoms with Gasteiger partial charge < -0.3 is 9.16 Å². The fraction of sp³-hybridized carbons (Fsp3) is 1.00. The monoisotopic (exact) mass is 308 g/mol. The Bertz CT molecular complexity index is 226. The SMILES string of the molecule is CC(C)(C)[Si](C)(C)OCC1COCCC1Br. The van der Waals surface area contributed by atoms with E-state index in [9.17, 15) is 0 Å². The molecule has 0 bridgehead atoms. The minimum absolute atomic E-state index is 0.296. The van der Waals surface area contributed by atoms with Gasteiger partial charge in [-0.3, -0.25) is 0 Å². The van der Waals surface area contributed by atoms with Gasteiger partial charge in [-0.1, -0.05) is 36.7 Å². The number of hydrogen-bond donors (Lipinski definition) is 0. The molecule has 2 nitrogen and oxygen atoms in total. The number of alkyl halides is 1. The second-order valence-electron chi connectivity index (χ2n) is 6.21. The lowest BCUT2D eigenvalue weighted by Gasteiger charge is -2.38. The maximum Gasteiger partial charge on any atom is 0.191 e. The molecule has 0 aromatic heterocycles. The normalized spacial score (nSPS) is 28.1. The van der Waals surface area contributed by atoms with E-state index in [2.05, 4.69) is 49.8 Å². The van der Waals surface area contributed by atoms with Crippen molar-refractivity contribution in [3.63, 3.8) is 0 Å². The van der Waals surface area contributed by atoms with Gasteiger partial charge in [-0.15, -0.1) is 0 Å². The summed E-state index contributed by atoms with van der Waals surface area (Å²) in [7, 11) is -1.59. The third-order valence-electron chi connectivity index (χ3n) is 3.85. The molecular weight excluding hydrogens is 284 g/mol. The zero-order chi connectivity index (χ0) is 12.4. The zero-order valence-corrected chi connectivity index (χ0v) is 13.8. The standard InChI is InChI=1S/C12H25BrO2Si/c1-12(2,3)16(4,5)15-9-10-8-14-7-6-11(10)13/h10-11H,6-9H2,1-5H3. The van der Waals surface area contributed by atoms with Gasteiger partial charge in [0.05, 0.1) is 6.61 Å². The first-order valence-electron chi connectivity index (χ1n) is 6.10. The molecule has 1 aliphatic heterocycles. The maximum atomic E-state index is 6.23. The van der Waals surface area contributed by atoms with Crippen LogP contribution in [0.5, 0.6) is 0 Å². The van der Waals surface area contributed by atoms with Crippen LogP contribution in [0.15, 0.2) is 0 Å². The fourth-order valence-electron chi connectivity index (χ4n) is 1.46. The van der Waals surface area contributed by atoms with Crippen molar-refractivity contribution in [3.8, 4) is 0 Å². The third-order valence-corrected chi connectivity index (χ3v) is 9.55. The van der Waals surface area contributed by atoms with Gasteiger partial charge in [0, 0.05) is 24.0 Å². The molecule has 2 unspecified atom stereocenters. The van der Waals surface area contributed by atoms with Crippen LogP contribution in [0.4, 0.5) is 0 Å². The average Bonchev–Trinajstić information content (AvgIpc) is 2.15. The van der Waals surface area contributed by atoms with Crippen molar-refractivity contribution in [1.82, 2.24) is 0 Å². The van der Waals surface area contributed by atoms with E-state index < -0.39 is 8.32 Å². The number of hydrogen-bond acceptors (Lipinski definition) is 2. The summed E-state index contributed by atoms with van der Waals surface area (Å²) in [5, 5.41) is 0.296. The molecule has 96 valence electrons. The van der Waals surface area contributed by atoms with E-state index in [1.54, 1.807) is 0 Å². The molecule has 1 aliphatic rings. The number of rotatable bonds is 3. The lowest BCUT2D eigenvalue weighted by atomic mass is 10.0. The lowest BCUT2D eigenvalue weighted by Crippen LogP contribution is -2.44. The molecule has 1 saturated heterocycles. The summed E-state index contributed by atoms with van der Waals surface area (Å²) in [6.45, 7) is 14.0. The molecule has 1 rings (SSSR count). The summed E-state index contributed by atoms with van der Waals surface area (Å²) < 4.78 is 11.7. The Hall–Kier alpha value is 0.617. The summed E-state index contributed by atoms with van der Waals surface area (Å²) in [5.74, 6) is 0.517. The predicted molar refractivity (Wildman–Crippen MR) is 74.8 cm³/mol. The van der Waals surface area contributed by atoms with Gasteiger partial charge in [-0.25, -0.2) is 0 Å². The second-order valence-corrected chi connectivity index (χ2v) is 12.2. The highest BCUT2D eigenvalue weighted by molar-refractivity contribution is 9.09. The highest BCUT2D eigenvalue weighted by Crippen LogP contribution is 2.37. The van der Waals surface area contributed by atoms with Crippen LogP contribution >= 0.6 is 15.9 Å². The second kappa shape index (κ2) is 5.51. The molecule has 0 amide bonds. The van der Waals surface area contributed by atoms with Crippen molar-refractivity contribution < 1.29 is 9.16 Å². The number of halogens is 1. The Kier molecular flexibility index (Phi) is 5.05. The Labute approximate surface area is 109 Å². The van der Waals surface area contributed by atoms with Gasteiger partial charge in [-0.05, 0) is 24.6 Å². The third kappa shape index (κ3) is 3.83. The molecular formula is C12H25BrO2Si. The highest BCUT2D eigenvalue weighted by atomic mass is 79.9. The minimum Gasteiger partial charge on any atom is -0.416 e. The molecule has 2 atom stereocenters.